The van der Waals surface area contributed by atoms with Crippen molar-refractivity contribution in [2.24, 2.45) is 5.92 Å². The van der Waals surface area contributed by atoms with Crippen molar-refractivity contribution in [3.05, 3.63) is 28.8 Å². The van der Waals surface area contributed by atoms with Crippen LogP contribution in [0.5, 0.6) is 0 Å². The average Bonchev–Trinajstić information content (AvgIpc) is 2.70. The molecule has 0 spiro atoms. The minimum Gasteiger partial charge on any atom is -0.478 e. The Labute approximate surface area is 109 Å². The van der Waals surface area contributed by atoms with E-state index in [1.54, 1.807) is 6.07 Å². The molecule has 0 bridgehead atoms. The van der Waals surface area contributed by atoms with E-state index in [0.29, 0.717) is 18.7 Å². The zero-order chi connectivity index (χ0) is 13.3. The molecule has 5 nitrogen and oxygen atoms in total. The Morgan fingerprint density at radius 3 is 2.72 bits per heavy atom. The van der Waals surface area contributed by atoms with Gasteiger partial charge in [0.1, 0.15) is 0 Å². The monoisotopic (exact) mass is 269 g/mol. The van der Waals surface area contributed by atoms with Crippen LogP contribution in [0, 0.1) is 5.92 Å². The summed E-state index contributed by atoms with van der Waals surface area (Å²) in [4.78, 5) is 24.1. The molecular weight excluding hydrogens is 258 g/mol. The molecule has 0 aromatic heterocycles. The van der Waals surface area contributed by atoms with Gasteiger partial charge >= 0.3 is 5.97 Å². The smallest absolute Gasteiger partial charge is 0.337 e. The van der Waals surface area contributed by atoms with Gasteiger partial charge in [-0.2, -0.15) is 0 Å². The quantitative estimate of drug-likeness (QED) is 0.869. The average molecular weight is 270 g/mol. The largest absolute Gasteiger partial charge is 0.478 e. The van der Waals surface area contributed by atoms with E-state index in [9.17, 15) is 9.59 Å². The van der Waals surface area contributed by atoms with Crippen LogP contribution in [0.25, 0.3) is 0 Å². The number of carboxylic acid groups (broad SMARTS) is 1. The molecule has 0 aliphatic carbocycles. The molecule has 96 valence electrons. The third kappa shape index (κ3) is 2.32. The maximum absolute atomic E-state index is 11.7. The van der Waals surface area contributed by atoms with Crippen molar-refractivity contribution in [3.63, 3.8) is 0 Å². The molecule has 1 aromatic carbocycles. The fourth-order valence-corrected chi connectivity index (χ4v) is 2.25. The highest BCUT2D eigenvalue weighted by Gasteiger charge is 2.30. The second-order valence-corrected chi connectivity index (χ2v) is 4.63. The summed E-state index contributed by atoms with van der Waals surface area (Å²) in [6.45, 7) is 0.390. The molecule has 1 saturated heterocycles. The molecule has 2 N–H and O–H groups in total. The van der Waals surface area contributed by atoms with Gasteiger partial charge in [-0.25, -0.2) is 4.79 Å². The summed E-state index contributed by atoms with van der Waals surface area (Å²) >= 11 is 5.85. The number of anilines is 1. The highest BCUT2D eigenvalue weighted by Crippen LogP contribution is 2.28. The Bertz CT molecular complexity index is 503. The minimum atomic E-state index is -1.10. The maximum atomic E-state index is 11.7. The fourth-order valence-electron chi connectivity index (χ4n) is 2.00. The van der Waals surface area contributed by atoms with Gasteiger partial charge in [0.25, 0.3) is 0 Å². The Hall–Kier alpha value is -1.59. The zero-order valence-electron chi connectivity index (χ0n) is 9.47. The molecule has 1 fully saturated rings. The molecule has 0 radical (unpaired) electrons. The van der Waals surface area contributed by atoms with E-state index < -0.39 is 5.97 Å². The number of hydrogen-bond acceptors (Lipinski definition) is 3. The summed E-state index contributed by atoms with van der Waals surface area (Å²) in [7, 11) is 0. The van der Waals surface area contributed by atoms with E-state index in [4.69, 9.17) is 21.8 Å². The third-order valence-electron chi connectivity index (χ3n) is 2.96. The van der Waals surface area contributed by atoms with Crippen LogP contribution in [0.2, 0.25) is 5.02 Å². The predicted octanol–water partition coefficient (Wildman–Crippen LogP) is 1.38. The lowest BCUT2D eigenvalue weighted by Crippen LogP contribution is -2.25. The van der Waals surface area contributed by atoms with Crippen molar-refractivity contribution < 1.29 is 19.8 Å². The molecule has 1 aromatic rings. The fraction of sp³-hybridized carbons (Fsp3) is 0.333. The molecule has 1 unspecified atom stereocenters. The van der Waals surface area contributed by atoms with Gasteiger partial charge in [-0.3, -0.25) is 4.79 Å². The summed E-state index contributed by atoms with van der Waals surface area (Å²) in [5.74, 6) is -1.27. The first-order chi connectivity index (χ1) is 8.52. The number of halogens is 1. The van der Waals surface area contributed by atoms with Crippen molar-refractivity contribution in [3.8, 4) is 0 Å². The molecule has 1 aliphatic rings. The number of nitrogens with zero attached hydrogens (tertiary/aromatic N) is 1. The first-order valence-electron chi connectivity index (χ1n) is 5.47. The molecule has 2 rings (SSSR count). The molecule has 18 heavy (non-hydrogen) atoms. The number of carboxylic acids is 1. The lowest BCUT2D eigenvalue weighted by atomic mass is 10.1. The second-order valence-electron chi connectivity index (χ2n) is 4.23. The normalized spacial score (nSPS) is 19.3. The number of aliphatic hydroxyl groups is 1. The topological polar surface area (TPSA) is 77.8 Å². The van der Waals surface area contributed by atoms with Crippen molar-refractivity contribution in [1.82, 2.24) is 0 Å². The van der Waals surface area contributed by atoms with Crippen molar-refractivity contribution in [2.45, 2.75) is 6.42 Å². The number of amides is 1. The number of benzene rings is 1. The van der Waals surface area contributed by atoms with Crippen molar-refractivity contribution in [2.75, 3.05) is 18.1 Å². The summed E-state index contributed by atoms with van der Waals surface area (Å²) in [6.07, 6.45) is 0.300. The SMILES string of the molecule is O=C(O)c1ccc(N2CC(CO)CC2=O)cc1Cl. The Kier molecular flexibility index (Phi) is 3.54. The van der Waals surface area contributed by atoms with Crippen molar-refractivity contribution in [1.29, 1.82) is 0 Å². The van der Waals surface area contributed by atoms with Gasteiger partial charge in [0, 0.05) is 31.2 Å². The minimum absolute atomic E-state index is 0.00534. The lowest BCUT2D eigenvalue weighted by Gasteiger charge is -2.17. The highest BCUT2D eigenvalue weighted by atomic mass is 35.5. The standard InChI is InChI=1S/C12H12ClNO4/c13-10-4-8(1-2-9(10)12(17)18)14-5-7(6-15)3-11(14)16/h1-2,4,7,15H,3,5-6H2,(H,17,18). The summed E-state index contributed by atoms with van der Waals surface area (Å²) < 4.78 is 0. The summed E-state index contributed by atoms with van der Waals surface area (Å²) in [5, 5.41) is 18.0. The van der Waals surface area contributed by atoms with Crippen LogP contribution in [-0.4, -0.2) is 35.2 Å². The first-order valence-corrected chi connectivity index (χ1v) is 5.84. The van der Waals surface area contributed by atoms with Gasteiger partial charge < -0.3 is 15.1 Å². The van der Waals surface area contributed by atoms with Crippen LogP contribution in [0.15, 0.2) is 18.2 Å². The number of carbonyl (C=O) groups is 2. The van der Waals surface area contributed by atoms with Gasteiger partial charge in [-0.1, -0.05) is 11.6 Å². The predicted molar refractivity (Wildman–Crippen MR) is 66.0 cm³/mol. The van der Waals surface area contributed by atoms with Gasteiger partial charge in [-0.15, -0.1) is 0 Å². The van der Waals surface area contributed by atoms with E-state index >= 15 is 0 Å². The molecule has 6 heteroatoms. The number of aliphatic hydroxyl groups excluding tert-OH is 1. The third-order valence-corrected chi connectivity index (χ3v) is 3.27. The number of carbonyl (C=O) groups excluding carboxylic acids is 1. The Morgan fingerprint density at radius 2 is 2.22 bits per heavy atom. The van der Waals surface area contributed by atoms with Crippen LogP contribution >= 0.6 is 11.6 Å². The molecule has 1 atom stereocenters. The van der Waals surface area contributed by atoms with Gasteiger partial charge in [0.15, 0.2) is 0 Å². The molecule has 1 aliphatic heterocycles. The zero-order valence-corrected chi connectivity index (χ0v) is 10.2. The maximum Gasteiger partial charge on any atom is 0.337 e. The van der Waals surface area contributed by atoms with Crippen LogP contribution < -0.4 is 4.90 Å². The number of aromatic carboxylic acids is 1. The van der Waals surface area contributed by atoms with Gasteiger partial charge in [0.05, 0.1) is 10.6 Å². The lowest BCUT2D eigenvalue weighted by molar-refractivity contribution is -0.117. The first kappa shape index (κ1) is 12.9. The summed E-state index contributed by atoms with van der Waals surface area (Å²) in [5.41, 5.74) is 0.566. The number of rotatable bonds is 3. The highest BCUT2D eigenvalue weighted by molar-refractivity contribution is 6.33. The van der Waals surface area contributed by atoms with E-state index in [1.807, 2.05) is 0 Å². The van der Waals surface area contributed by atoms with Gasteiger partial charge in [0.2, 0.25) is 5.91 Å². The Morgan fingerprint density at radius 1 is 1.50 bits per heavy atom. The van der Waals surface area contributed by atoms with Crippen LogP contribution in [0.4, 0.5) is 5.69 Å². The molecule has 1 amide bonds. The van der Waals surface area contributed by atoms with E-state index in [0.717, 1.165) is 0 Å². The van der Waals surface area contributed by atoms with Crippen LogP contribution in [0.1, 0.15) is 16.8 Å². The van der Waals surface area contributed by atoms with Crippen molar-refractivity contribution >= 4 is 29.2 Å². The van der Waals surface area contributed by atoms with Crippen LogP contribution in [-0.2, 0) is 4.79 Å². The molecule has 0 saturated carbocycles. The van der Waals surface area contributed by atoms with Gasteiger partial charge in [-0.05, 0) is 18.2 Å². The van der Waals surface area contributed by atoms with E-state index in [1.165, 1.54) is 17.0 Å². The van der Waals surface area contributed by atoms with E-state index in [2.05, 4.69) is 0 Å². The molecular formula is C12H12ClNO4. The van der Waals surface area contributed by atoms with Crippen LogP contribution in [0.3, 0.4) is 0 Å². The summed E-state index contributed by atoms with van der Waals surface area (Å²) in [6, 6.07) is 4.38. The number of hydrogen-bond donors (Lipinski definition) is 2. The Balaban J connectivity index is 2.27. The second kappa shape index (κ2) is 4.96. The molecule has 1 heterocycles. The van der Waals surface area contributed by atoms with E-state index in [-0.39, 0.29) is 29.0 Å².